The number of aromatic nitrogens is 6. The van der Waals surface area contributed by atoms with Crippen LogP contribution in [0.2, 0.25) is 0 Å². The molecule has 0 saturated heterocycles. The third-order valence-electron chi connectivity index (χ3n) is 6.24. The number of imidazole rings is 1. The molecule has 1 aliphatic carbocycles. The van der Waals surface area contributed by atoms with E-state index in [1.54, 1.807) is 4.68 Å². The molecule has 2 aliphatic rings. The van der Waals surface area contributed by atoms with E-state index in [9.17, 15) is 0 Å². The summed E-state index contributed by atoms with van der Waals surface area (Å²) in [6.07, 6.45) is 9.45. The molecule has 4 aromatic rings. The van der Waals surface area contributed by atoms with Gasteiger partial charge in [-0.15, -0.1) is 0 Å². The molecule has 6 nitrogen and oxygen atoms in total. The van der Waals surface area contributed by atoms with E-state index in [-0.39, 0.29) is 0 Å². The summed E-state index contributed by atoms with van der Waals surface area (Å²) >= 11 is 0. The van der Waals surface area contributed by atoms with Gasteiger partial charge in [0.15, 0.2) is 0 Å². The Morgan fingerprint density at radius 3 is 2.79 bits per heavy atom. The van der Waals surface area contributed by atoms with Crippen molar-refractivity contribution >= 4 is 0 Å². The summed E-state index contributed by atoms with van der Waals surface area (Å²) < 4.78 is 4.29. The van der Waals surface area contributed by atoms with Crippen LogP contribution < -0.4 is 0 Å². The van der Waals surface area contributed by atoms with Gasteiger partial charge in [0.25, 0.3) is 0 Å². The lowest BCUT2D eigenvalue weighted by atomic mass is 10.1. The Bertz CT molecular complexity index is 1230. The van der Waals surface area contributed by atoms with Gasteiger partial charge >= 0.3 is 0 Å². The maximum atomic E-state index is 5.13. The molecule has 2 atom stereocenters. The third kappa shape index (κ3) is 2.55. The van der Waals surface area contributed by atoms with Gasteiger partial charge in [-0.2, -0.15) is 5.10 Å². The van der Waals surface area contributed by atoms with Crippen molar-refractivity contribution in [3.05, 3.63) is 60.4 Å². The van der Waals surface area contributed by atoms with Gasteiger partial charge in [0.05, 0.1) is 23.3 Å². The summed E-state index contributed by atoms with van der Waals surface area (Å²) in [4.78, 5) is 14.5. The molecular formula is C23H22N6. The summed E-state index contributed by atoms with van der Waals surface area (Å²) in [5, 5.41) is 4.30. The molecule has 6 heteroatoms. The van der Waals surface area contributed by atoms with E-state index < -0.39 is 0 Å². The summed E-state index contributed by atoms with van der Waals surface area (Å²) in [6.45, 7) is 2.03. The highest BCUT2D eigenvalue weighted by Gasteiger charge is 2.41. The Morgan fingerprint density at radius 1 is 1.03 bits per heavy atom. The van der Waals surface area contributed by atoms with E-state index in [2.05, 4.69) is 38.9 Å². The normalized spacial score (nSPS) is 19.7. The fourth-order valence-corrected chi connectivity index (χ4v) is 4.95. The van der Waals surface area contributed by atoms with Crippen LogP contribution in [0.15, 0.2) is 48.9 Å². The van der Waals surface area contributed by atoms with E-state index in [0.29, 0.717) is 12.0 Å². The quantitative estimate of drug-likeness (QED) is 0.522. The van der Waals surface area contributed by atoms with Gasteiger partial charge in [-0.25, -0.2) is 4.98 Å². The predicted molar refractivity (Wildman–Crippen MR) is 111 cm³/mol. The van der Waals surface area contributed by atoms with Gasteiger partial charge in [-0.1, -0.05) is 6.07 Å². The SMILES string of the molecule is Cc1cccc(-c2nc3n(c2-c2ccnc(-c4cnn(C)c4)c2)[C@H]2CC[C@@H]3C2)n1. The average molecular weight is 382 g/mol. The molecule has 1 saturated carbocycles. The van der Waals surface area contributed by atoms with Crippen LogP contribution in [0.1, 0.15) is 42.7 Å². The van der Waals surface area contributed by atoms with Gasteiger partial charge in [0.1, 0.15) is 11.5 Å². The fraction of sp³-hybridized carbons (Fsp3) is 0.304. The Morgan fingerprint density at radius 2 is 1.97 bits per heavy atom. The zero-order valence-corrected chi connectivity index (χ0v) is 16.6. The van der Waals surface area contributed by atoms with Crippen molar-refractivity contribution in [3.63, 3.8) is 0 Å². The van der Waals surface area contributed by atoms with Crippen molar-refractivity contribution in [2.24, 2.45) is 7.05 Å². The molecule has 0 amide bonds. The Hall–Kier alpha value is -3.28. The monoisotopic (exact) mass is 382 g/mol. The van der Waals surface area contributed by atoms with Crippen LogP contribution in [0.5, 0.6) is 0 Å². The average Bonchev–Trinajstić information content (AvgIpc) is 3.49. The van der Waals surface area contributed by atoms with E-state index in [4.69, 9.17) is 9.97 Å². The Labute approximate surface area is 169 Å². The Balaban J connectivity index is 1.57. The standard InChI is InChI=1S/C23H22N6/c1-14-4-3-5-19(26-14)21-22(29-18-7-6-16(10-18)23(29)27-21)15-8-9-24-20(11-15)17-12-25-28(2)13-17/h3-5,8-9,11-13,16,18H,6-7,10H2,1-2H3/t16-,18+/m1/s1. The molecule has 0 unspecified atom stereocenters. The van der Waals surface area contributed by atoms with Crippen molar-refractivity contribution in [2.75, 3.05) is 0 Å². The predicted octanol–water partition coefficient (Wildman–Crippen LogP) is 4.54. The molecule has 1 aliphatic heterocycles. The van der Waals surface area contributed by atoms with Crippen molar-refractivity contribution in [1.82, 2.24) is 29.3 Å². The van der Waals surface area contributed by atoms with Crippen LogP contribution >= 0.6 is 0 Å². The smallest absolute Gasteiger partial charge is 0.115 e. The molecule has 0 aromatic carbocycles. The van der Waals surface area contributed by atoms with Crippen LogP contribution in [0, 0.1) is 6.92 Å². The molecule has 4 aromatic heterocycles. The lowest BCUT2D eigenvalue weighted by Crippen LogP contribution is -2.08. The zero-order chi connectivity index (χ0) is 19.5. The van der Waals surface area contributed by atoms with Crippen molar-refractivity contribution in [3.8, 4) is 33.9 Å². The van der Waals surface area contributed by atoms with Crippen LogP contribution in [0.25, 0.3) is 33.9 Å². The first kappa shape index (κ1) is 16.7. The molecular weight excluding hydrogens is 360 g/mol. The number of nitrogens with zero attached hydrogens (tertiary/aromatic N) is 6. The number of hydrogen-bond donors (Lipinski definition) is 0. The third-order valence-corrected chi connectivity index (χ3v) is 6.24. The van der Waals surface area contributed by atoms with Crippen molar-refractivity contribution < 1.29 is 0 Å². The molecule has 6 rings (SSSR count). The minimum absolute atomic E-state index is 0.547. The second-order valence-corrected chi connectivity index (χ2v) is 8.20. The van der Waals surface area contributed by atoms with Gasteiger partial charge in [0.2, 0.25) is 0 Å². The maximum absolute atomic E-state index is 5.13. The number of hydrogen-bond acceptors (Lipinski definition) is 4. The molecule has 1 fully saturated rings. The molecule has 2 bridgehead atoms. The first-order chi connectivity index (χ1) is 14.2. The molecule has 0 radical (unpaired) electrons. The molecule has 29 heavy (non-hydrogen) atoms. The molecule has 0 N–H and O–H groups in total. The largest absolute Gasteiger partial charge is 0.324 e. The molecule has 144 valence electrons. The van der Waals surface area contributed by atoms with Gasteiger partial charge in [-0.05, 0) is 50.5 Å². The van der Waals surface area contributed by atoms with Crippen LogP contribution in [-0.2, 0) is 7.05 Å². The fourth-order valence-electron chi connectivity index (χ4n) is 4.95. The summed E-state index contributed by atoms with van der Waals surface area (Å²) in [5.74, 6) is 1.81. The number of fused-ring (bicyclic) bond motifs is 5. The molecule has 5 heterocycles. The summed E-state index contributed by atoms with van der Waals surface area (Å²) in [7, 11) is 1.93. The number of pyridine rings is 2. The minimum Gasteiger partial charge on any atom is -0.324 e. The highest BCUT2D eigenvalue weighted by atomic mass is 15.2. The highest BCUT2D eigenvalue weighted by molar-refractivity contribution is 5.80. The topological polar surface area (TPSA) is 61.4 Å². The van der Waals surface area contributed by atoms with Gasteiger partial charge in [0, 0.05) is 48.2 Å². The van der Waals surface area contributed by atoms with E-state index >= 15 is 0 Å². The number of aryl methyl sites for hydroxylation is 2. The van der Waals surface area contributed by atoms with Crippen molar-refractivity contribution in [2.45, 2.75) is 38.1 Å². The second kappa shape index (κ2) is 6.11. The molecule has 0 spiro atoms. The van der Waals surface area contributed by atoms with Gasteiger partial charge in [-0.3, -0.25) is 14.6 Å². The van der Waals surface area contributed by atoms with Crippen LogP contribution in [0.4, 0.5) is 0 Å². The van der Waals surface area contributed by atoms with E-state index in [0.717, 1.165) is 33.9 Å². The number of rotatable bonds is 3. The van der Waals surface area contributed by atoms with Crippen molar-refractivity contribution in [1.29, 1.82) is 0 Å². The second-order valence-electron chi connectivity index (χ2n) is 8.20. The van der Waals surface area contributed by atoms with E-state index in [1.807, 2.05) is 38.6 Å². The Kier molecular flexibility index (Phi) is 3.51. The van der Waals surface area contributed by atoms with Crippen LogP contribution in [-0.4, -0.2) is 29.3 Å². The van der Waals surface area contributed by atoms with Gasteiger partial charge < -0.3 is 4.57 Å². The highest BCUT2D eigenvalue weighted by Crippen LogP contribution is 2.52. The zero-order valence-electron chi connectivity index (χ0n) is 16.6. The summed E-state index contributed by atoms with van der Waals surface area (Å²) in [6, 6.07) is 11.0. The first-order valence-electron chi connectivity index (χ1n) is 10.2. The lowest BCUT2D eigenvalue weighted by Gasteiger charge is -2.17. The minimum atomic E-state index is 0.547. The summed E-state index contributed by atoms with van der Waals surface area (Å²) in [5.41, 5.74) is 7.21. The lowest BCUT2D eigenvalue weighted by molar-refractivity contribution is 0.530. The van der Waals surface area contributed by atoms with E-state index in [1.165, 1.54) is 30.8 Å². The van der Waals surface area contributed by atoms with Crippen LogP contribution in [0.3, 0.4) is 0 Å². The first-order valence-corrected chi connectivity index (χ1v) is 10.2. The maximum Gasteiger partial charge on any atom is 0.115 e.